The van der Waals surface area contributed by atoms with Crippen molar-refractivity contribution < 1.29 is 27.5 Å². The zero-order chi connectivity index (χ0) is 20.9. The Bertz CT molecular complexity index is 669. The van der Waals surface area contributed by atoms with Gasteiger partial charge in [-0.1, -0.05) is 26.0 Å². The molecule has 1 fully saturated rings. The second kappa shape index (κ2) is 9.27. The first-order chi connectivity index (χ1) is 13.0. The molecule has 1 aromatic carbocycles. The van der Waals surface area contributed by atoms with E-state index in [4.69, 9.17) is 0 Å². The summed E-state index contributed by atoms with van der Waals surface area (Å²) in [4.78, 5) is 27.9. The van der Waals surface area contributed by atoms with E-state index < -0.39 is 12.4 Å². The Morgan fingerprint density at radius 2 is 1.68 bits per heavy atom. The third-order valence-electron chi connectivity index (χ3n) is 4.54. The van der Waals surface area contributed by atoms with E-state index in [0.29, 0.717) is 32.7 Å². The maximum atomic E-state index is 12.7. The first-order valence-electron chi connectivity index (χ1n) is 9.18. The van der Waals surface area contributed by atoms with Gasteiger partial charge in [0.25, 0.3) is 0 Å². The predicted octanol–water partition coefficient (Wildman–Crippen LogP) is 2.39. The van der Waals surface area contributed by atoms with E-state index in [2.05, 4.69) is 15.0 Å². The normalized spacial score (nSPS) is 16.8. The Hall–Kier alpha value is -2.29. The Morgan fingerprint density at radius 3 is 2.14 bits per heavy atom. The molecule has 1 aliphatic heterocycles. The number of hydrogen-bond donors (Lipinski definition) is 1. The summed E-state index contributed by atoms with van der Waals surface area (Å²) < 4.78 is 40.5. The van der Waals surface area contributed by atoms with Crippen LogP contribution >= 0.6 is 0 Å². The molecule has 0 bridgehead atoms. The summed E-state index contributed by atoms with van der Waals surface area (Å²) in [5.74, 6) is -0.571. The lowest BCUT2D eigenvalue weighted by molar-refractivity contribution is -0.274. The zero-order valence-electron chi connectivity index (χ0n) is 16.3. The van der Waals surface area contributed by atoms with E-state index in [9.17, 15) is 22.8 Å². The van der Waals surface area contributed by atoms with Gasteiger partial charge in [0.15, 0.2) is 0 Å². The lowest BCUT2D eigenvalue weighted by Crippen LogP contribution is -2.56. The molecular formula is C19H26F3N3O3. The minimum absolute atomic E-state index is 0.00754. The standard InChI is InChI=1S/C19H26F3N3O3/c1-13(2)17(23-14(3)26)18(27)25-10-8-24(9-11-25)12-15-4-6-16(7-5-15)28-19(20,21)22/h4-7,13,17H,8-12H2,1-3H3,(H,23,26)/t17-/m0/s1. The van der Waals surface area contributed by atoms with Crippen molar-refractivity contribution in [2.45, 2.75) is 39.7 Å². The minimum atomic E-state index is -4.70. The maximum absolute atomic E-state index is 12.7. The highest BCUT2D eigenvalue weighted by atomic mass is 19.4. The number of rotatable bonds is 6. The number of nitrogens with one attached hydrogen (secondary N) is 1. The van der Waals surface area contributed by atoms with Crippen LogP contribution in [0, 0.1) is 5.92 Å². The van der Waals surface area contributed by atoms with Crippen molar-refractivity contribution in [1.29, 1.82) is 0 Å². The summed E-state index contributed by atoms with van der Waals surface area (Å²) in [6.45, 7) is 8.13. The lowest BCUT2D eigenvalue weighted by atomic mass is 10.0. The number of ether oxygens (including phenoxy) is 1. The average molecular weight is 401 g/mol. The Balaban J connectivity index is 1.86. The SMILES string of the molecule is CC(=O)N[C@H](C(=O)N1CCN(Cc2ccc(OC(F)(F)F)cc2)CC1)C(C)C. The Kier molecular flexibility index (Phi) is 7.29. The van der Waals surface area contributed by atoms with Gasteiger partial charge in [0.2, 0.25) is 11.8 Å². The second-order valence-corrected chi connectivity index (χ2v) is 7.22. The number of amides is 2. The van der Waals surface area contributed by atoms with E-state index in [1.54, 1.807) is 17.0 Å². The van der Waals surface area contributed by atoms with Crippen molar-refractivity contribution in [3.63, 3.8) is 0 Å². The Labute approximate surface area is 162 Å². The van der Waals surface area contributed by atoms with E-state index in [-0.39, 0.29) is 23.5 Å². The maximum Gasteiger partial charge on any atom is 0.573 e. The van der Waals surface area contributed by atoms with Gasteiger partial charge >= 0.3 is 6.36 Å². The molecule has 0 unspecified atom stereocenters. The van der Waals surface area contributed by atoms with Crippen LogP contribution in [0.3, 0.4) is 0 Å². The molecule has 1 atom stereocenters. The lowest BCUT2D eigenvalue weighted by Gasteiger charge is -2.37. The monoisotopic (exact) mass is 401 g/mol. The van der Waals surface area contributed by atoms with Gasteiger partial charge < -0.3 is 15.0 Å². The molecule has 2 rings (SSSR count). The fourth-order valence-electron chi connectivity index (χ4n) is 3.11. The second-order valence-electron chi connectivity index (χ2n) is 7.22. The molecule has 0 aromatic heterocycles. The van der Waals surface area contributed by atoms with Crippen molar-refractivity contribution >= 4 is 11.8 Å². The molecule has 0 saturated carbocycles. The molecule has 2 amide bonds. The topological polar surface area (TPSA) is 61.9 Å². The van der Waals surface area contributed by atoms with Gasteiger partial charge in [-0.25, -0.2) is 0 Å². The van der Waals surface area contributed by atoms with Gasteiger partial charge in [0.05, 0.1) is 0 Å². The van der Waals surface area contributed by atoms with Crippen LogP contribution in [0.15, 0.2) is 24.3 Å². The molecule has 9 heteroatoms. The molecule has 156 valence electrons. The molecule has 1 saturated heterocycles. The van der Waals surface area contributed by atoms with Gasteiger partial charge in [-0.2, -0.15) is 0 Å². The molecule has 28 heavy (non-hydrogen) atoms. The number of nitrogens with zero attached hydrogens (tertiary/aromatic N) is 2. The van der Waals surface area contributed by atoms with Gasteiger partial charge in [-0.05, 0) is 23.6 Å². The highest BCUT2D eigenvalue weighted by molar-refractivity contribution is 5.87. The first kappa shape index (κ1) is 22.0. The number of carbonyl (C=O) groups excluding carboxylic acids is 2. The smallest absolute Gasteiger partial charge is 0.406 e. The van der Waals surface area contributed by atoms with Crippen LogP contribution in [-0.4, -0.2) is 60.2 Å². The van der Waals surface area contributed by atoms with Crippen LogP contribution in [0.1, 0.15) is 26.3 Å². The van der Waals surface area contributed by atoms with Crippen LogP contribution in [0.25, 0.3) is 0 Å². The number of benzene rings is 1. The number of hydrogen-bond acceptors (Lipinski definition) is 4. The number of halogens is 3. The molecule has 0 radical (unpaired) electrons. The van der Waals surface area contributed by atoms with E-state index in [1.807, 2.05) is 13.8 Å². The third-order valence-corrected chi connectivity index (χ3v) is 4.54. The fourth-order valence-corrected chi connectivity index (χ4v) is 3.11. The zero-order valence-corrected chi connectivity index (χ0v) is 16.3. The van der Waals surface area contributed by atoms with Gasteiger partial charge in [-0.3, -0.25) is 14.5 Å². The van der Waals surface area contributed by atoms with Gasteiger partial charge in [0, 0.05) is 39.6 Å². The molecular weight excluding hydrogens is 375 g/mol. The van der Waals surface area contributed by atoms with Crippen molar-refractivity contribution in [2.75, 3.05) is 26.2 Å². The third kappa shape index (κ3) is 6.70. The minimum Gasteiger partial charge on any atom is -0.406 e. The van der Waals surface area contributed by atoms with Crippen molar-refractivity contribution in [3.8, 4) is 5.75 Å². The first-order valence-corrected chi connectivity index (χ1v) is 9.18. The molecule has 1 heterocycles. The number of alkyl halides is 3. The van der Waals surface area contributed by atoms with Crippen LogP contribution in [0.5, 0.6) is 5.75 Å². The molecule has 0 spiro atoms. The van der Waals surface area contributed by atoms with Crippen molar-refractivity contribution in [3.05, 3.63) is 29.8 Å². The van der Waals surface area contributed by atoms with Gasteiger partial charge in [0.1, 0.15) is 11.8 Å². The summed E-state index contributed by atoms with van der Waals surface area (Å²) >= 11 is 0. The molecule has 1 aromatic rings. The fraction of sp³-hybridized carbons (Fsp3) is 0.579. The highest BCUT2D eigenvalue weighted by Gasteiger charge is 2.31. The average Bonchev–Trinajstić information content (AvgIpc) is 2.60. The van der Waals surface area contributed by atoms with E-state index in [0.717, 1.165) is 5.56 Å². The highest BCUT2D eigenvalue weighted by Crippen LogP contribution is 2.23. The summed E-state index contributed by atoms with van der Waals surface area (Å²) in [6, 6.07) is 5.26. The largest absolute Gasteiger partial charge is 0.573 e. The van der Waals surface area contributed by atoms with Crippen molar-refractivity contribution in [1.82, 2.24) is 15.1 Å². The van der Waals surface area contributed by atoms with Crippen LogP contribution in [0.4, 0.5) is 13.2 Å². The summed E-state index contributed by atoms with van der Waals surface area (Å²) in [5.41, 5.74) is 0.868. The van der Waals surface area contributed by atoms with Crippen molar-refractivity contribution in [2.24, 2.45) is 5.92 Å². The van der Waals surface area contributed by atoms with Gasteiger partial charge in [-0.15, -0.1) is 13.2 Å². The molecule has 1 N–H and O–H groups in total. The van der Waals surface area contributed by atoms with Crippen LogP contribution in [-0.2, 0) is 16.1 Å². The number of carbonyl (C=O) groups is 2. The van der Waals surface area contributed by atoms with Crippen LogP contribution in [0.2, 0.25) is 0 Å². The molecule has 1 aliphatic rings. The predicted molar refractivity (Wildman–Crippen MR) is 97.4 cm³/mol. The summed E-state index contributed by atoms with van der Waals surface area (Å²) in [7, 11) is 0. The molecule has 0 aliphatic carbocycles. The molecule has 6 nitrogen and oxygen atoms in total. The number of piperazine rings is 1. The van der Waals surface area contributed by atoms with E-state index in [1.165, 1.54) is 19.1 Å². The summed E-state index contributed by atoms with van der Waals surface area (Å²) in [6.07, 6.45) is -4.70. The van der Waals surface area contributed by atoms with E-state index >= 15 is 0 Å². The summed E-state index contributed by atoms with van der Waals surface area (Å²) in [5, 5.41) is 2.71. The van der Waals surface area contributed by atoms with Crippen LogP contribution < -0.4 is 10.1 Å². The Morgan fingerprint density at radius 1 is 1.11 bits per heavy atom. The quantitative estimate of drug-likeness (QED) is 0.795.